The van der Waals surface area contributed by atoms with Crippen molar-refractivity contribution in [2.24, 2.45) is 5.73 Å². The van der Waals surface area contributed by atoms with Gasteiger partial charge in [-0.2, -0.15) is 0 Å². The van der Waals surface area contributed by atoms with Gasteiger partial charge in [0.2, 0.25) is 0 Å². The van der Waals surface area contributed by atoms with E-state index in [1.807, 2.05) is 0 Å². The Hall–Kier alpha value is -0.960. The van der Waals surface area contributed by atoms with Crippen molar-refractivity contribution in [2.45, 2.75) is 11.4 Å². The Balaban J connectivity index is 2.34. The summed E-state index contributed by atoms with van der Waals surface area (Å²) in [5, 5.41) is 1.66. The average molecular weight is 365 g/mol. The van der Waals surface area contributed by atoms with Crippen molar-refractivity contribution in [1.82, 2.24) is 0 Å². The van der Waals surface area contributed by atoms with E-state index in [2.05, 4.69) is 20.7 Å². The van der Waals surface area contributed by atoms with Crippen LogP contribution in [0.2, 0.25) is 0 Å². The number of nitrogens with one attached hydrogen (secondary N) is 1. The maximum absolute atomic E-state index is 13.1. The van der Waals surface area contributed by atoms with Crippen LogP contribution in [0.25, 0.3) is 0 Å². The molecule has 0 unspecified atom stereocenters. The molecule has 0 aliphatic rings. The third-order valence-corrected chi connectivity index (χ3v) is 5.50. The van der Waals surface area contributed by atoms with Gasteiger partial charge >= 0.3 is 0 Å². The zero-order chi connectivity index (χ0) is 14.0. The summed E-state index contributed by atoms with van der Waals surface area (Å²) in [5.74, 6) is -0.457. The Labute approximate surface area is 122 Å². The number of hydrogen-bond donors (Lipinski definition) is 2. The van der Waals surface area contributed by atoms with E-state index in [9.17, 15) is 12.8 Å². The average Bonchev–Trinajstić information content (AvgIpc) is 2.82. The van der Waals surface area contributed by atoms with Crippen molar-refractivity contribution in [3.05, 3.63) is 44.8 Å². The molecule has 0 saturated heterocycles. The van der Waals surface area contributed by atoms with Crippen LogP contribution in [0, 0.1) is 5.82 Å². The predicted octanol–water partition coefficient (Wildman–Crippen LogP) is 2.91. The lowest BCUT2D eigenvalue weighted by molar-refractivity contribution is 0.600. The fourth-order valence-electron chi connectivity index (χ4n) is 1.49. The van der Waals surface area contributed by atoms with E-state index < -0.39 is 15.8 Å². The van der Waals surface area contributed by atoms with Gasteiger partial charge in [0.1, 0.15) is 10.7 Å². The Kier molecular flexibility index (Phi) is 4.24. The molecule has 1 heterocycles. The Bertz CT molecular complexity index is 700. The van der Waals surface area contributed by atoms with Gasteiger partial charge in [0.15, 0.2) is 0 Å². The summed E-state index contributed by atoms with van der Waals surface area (Å²) in [4.78, 5) is 0.731. The molecule has 19 heavy (non-hydrogen) atoms. The van der Waals surface area contributed by atoms with Crippen molar-refractivity contribution in [3.63, 3.8) is 0 Å². The molecule has 0 bridgehead atoms. The summed E-state index contributed by atoms with van der Waals surface area (Å²) in [6.07, 6.45) is 0. The second-order valence-corrected chi connectivity index (χ2v) is 7.15. The van der Waals surface area contributed by atoms with Crippen LogP contribution in [0.5, 0.6) is 0 Å². The molecule has 0 amide bonds. The van der Waals surface area contributed by atoms with Crippen LogP contribution < -0.4 is 10.5 Å². The normalized spacial score (nSPS) is 11.5. The number of thiophene rings is 1. The van der Waals surface area contributed by atoms with Gasteiger partial charge in [-0.05, 0) is 45.6 Å². The summed E-state index contributed by atoms with van der Waals surface area (Å²) in [7, 11) is -3.71. The van der Waals surface area contributed by atoms with E-state index in [0.717, 1.165) is 0 Å². The van der Waals surface area contributed by atoms with Gasteiger partial charge in [-0.1, -0.05) is 0 Å². The minimum Gasteiger partial charge on any atom is -0.326 e. The van der Waals surface area contributed by atoms with E-state index in [0.29, 0.717) is 4.88 Å². The SMILES string of the molecule is NCc1sccc1S(=O)(=O)Nc1ccc(F)c(Br)c1. The lowest BCUT2D eigenvalue weighted by Crippen LogP contribution is -2.14. The van der Waals surface area contributed by atoms with Gasteiger partial charge in [-0.3, -0.25) is 4.72 Å². The number of benzene rings is 1. The van der Waals surface area contributed by atoms with E-state index >= 15 is 0 Å². The molecule has 2 rings (SSSR count). The summed E-state index contributed by atoms with van der Waals surface area (Å²) < 4.78 is 40.0. The highest BCUT2D eigenvalue weighted by molar-refractivity contribution is 9.10. The number of rotatable bonds is 4. The quantitative estimate of drug-likeness (QED) is 0.875. The first-order valence-electron chi connectivity index (χ1n) is 5.18. The molecule has 0 atom stereocenters. The molecule has 4 nitrogen and oxygen atoms in total. The topological polar surface area (TPSA) is 72.2 Å². The van der Waals surface area contributed by atoms with Gasteiger partial charge < -0.3 is 5.73 Å². The zero-order valence-electron chi connectivity index (χ0n) is 9.56. The molecule has 2 aromatic rings. The van der Waals surface area contributed by atoms with Gasteiger partial charge in [-0.25, -0.2) is 12.8 Å². The molecular formula is C11H10BrFN2O2S2. The lowest BCUT2D eigenvalue weighted by Gasteiger charge is -2.08. The number of halogens is 2. The van der Waals surface area contributed by atoms with Crippen LogP contribution in [0.4, 0.5) is 10.1 Å². The molecule has 102 valence electrons. The fourth-order valence-corrected chi connectivity index (χ4v) is 4.25. The van der Waals surface area contributed by atoms with E-state index in [-0.39, 0.29) is 21.6 Å². The minimum atomic E-state index is -3.71. The van der Waals surface area contributed by atoms with Gasteiger partial charge in [0.05, 0.1) is 10.2 Å². The molecule has 0 spiro atoms. The first kappa shape index (κ1) is 14.4. The molecule has 0 aliphatic carbocycles. The third kappa shape index (κ3) is 3.14. The first-order valence-corrected chi connectivity index (χ1v) is 8.34. The molecule has 0 radical (unpaired) electrons. The molecule has 3 N–H and O–H groups in total. The highest BCUT2D eigenvalue weighted by Gasteiger charge is 2.19. The summed E-state index contributed by atoms with van der Waals surface area (Å²) in [6, 6.07) is 5.39. The highest BCUT2D eigenvalue weighted by atomic mass is 79.9. The Morgan fingerprint density at radius 1 is 1.37 bits per heavy atom. The molecule has 0 fully saturated rings. The number of sulfonamides is 1. The van der Waals surface area contributed by atoms with Crippen molar-refractivity contribution in [3.8, 4) is 0 Å². The first-order chi connectivity index (χ1) is 8.94. The number of anilines is 1. The molecule has 1 aromatic carbocycles. The van der Waals surface area contributed by atoms with Crippen LogP contribution >= 0.6 is 27.3 Å². The number of hydrogen-bond acceptors (Lipinski definition) is 4. The monoisotopic (exact) mass is 364 g/mol. The van der Waals surface area contributed by atoms with Crippen molar-refractivity contribution in [2.75, 3.05) is 4.72 Å². The zero-order valence-corrected chi connectivity index (χ0v) is 12.8. The third-order valence-electron chi connectivity index (χ3n) is 2.35. The molecule has 1 aromatic heterocycles. The van der Waals surface area contributed by atoms with Crippen molar-refractivity contribution >= 4 is 43.0 Å². The Morgan fingerprint density at radius 3 is 2.74 bits per heavy atom. The van der Waals surface area contributed by atoms with E-state index in [4.69, 9.17) is 5.73 Å². The van der Waals surface area contributed by atoms with Crippen LogP contribution in [0.15, 0.2) is 39.0 Å². The maximum atomic E-state index is 13.1. The number of nitrogens with two attached hydrogens (primary N) is 1. The maximum Gasteiger partial charge on any atom is 0.263 e. The lowest BCUT2D eigenvalue weighted by atomic mass is 10.3. The van der Waals surface area contributed by atoms with Crippen LogP contribution in [0.1, 0.15) is 4.88 Å². The predicted molar refractivity (Wildman–Crippen MR) is 77.1 cm³/mol. The standard InChI is InChI=1S/C11H10BrFN2O2S2/c12-8-5-7(1-2-9(8)13)15-19(16,17)11-3-4-18-10(11)6-14/h1-5,15H,6,14H2. The van der Waals surface area contributed by atoms with E-state index in [1.165, 1.54) is 35.6 Å². The molecular weight excluding hydrogens is 355 g/mol. The van der Waals surface area contributed by atoms with Crippen molar-refractivity contribution < 1.29 is 12.8 Å². The van der Waals surface area contributed by atoms with Gasteiger partial charge in [0.25, 0.3) is 10.0 Å². The second kappa shape index (κ2) is 5.58. The smallest absolute Gasteiger partial charge is 0.263 e. The molecule has 0 saturated carbocycles. The minimum absolute atomic E-state index is 0.153. The summed E-state index contributed by atoms with van der Waals surface area (Å²) >= 11 is 4.28. The van der Waals surface area contributed by atoms with E-state index in [1.54, 1.807) is 5.38 Å². The fraction of sp³-hybridized carbons (Fsp3) is 0.0909. The summed E-state index contributed by atoms with van der Waals surface area (Å²) in [6.45, 7) is 0.154. The molecule has 0 aliphatic heterocycles. The largest absolute Gasteiger partial charge is 0.326 e. The molecule has 8 heteroatoms. The van der Waals surface area contributed by atoms with Crippen LogP contribution in [0.3, 0.4) is 0 Å². The van der Waals surface area contributed by atoms with Gasteiger partial charge in [-0.15, -0.1) is 11.3 Å². The van der Waals surface area contributed by atoms with Crippen LogP contribution in [-0.4, -0.2) is 8.42 Å². The Morgan fingerprint density at radius 2 is 2.11 bits per heavy atom. The van der Waals surface area contributed by atoms with Crippen LogP contribution in [-0.2, 0) is 16.6 Å². The van der Waals surface area contributed by atoms with Crippen molar-refractivity contribution in [1.29, 1.82) is 0 Å². The summed E-state index contributed by atoms with van der Waals surface area (Å²) in [5.41, 5.74) is 5.77. The van der Waals surface area contributed by atoms with Gasteiger partial charge in [0, 0.05) is 11.4 Å². The highest BCUT2D eigenvalue weighted by Crippen LogP contribution is 2.26. The second-order valence-electron chi connectivity index (χ2n) is 3.65.